The van der Waals surface area contributed by atoms with Gasteiger partial charge in [-0.05, 0) is 25.8 Å². The van der Waals surface area contributed by atoms with Gasteiger partial charge in [0.05, 0.1) is 11.8 Å². The van der Waals surface area contributed by atoms with Crippen molar-refractivity contribution in [3.05, 3.63) is 23.5 Å². The van der Waals surface area contributed by atoms with E-state index in [1.807, 2.05) is 6.20 Å². The molecule has 1 fully saturated rings. The summed E-state index contributed by atoms with van der Waals surface area (Å²) in [7, 11) is 0. The second-order valence-electron chi connectivity index (χ2n) is 4.43. The van der Waals surface area contributed by atoms with Crippen molar-refractivity contribution in [2.24, 2.45) is 0 Å². The fraction of sp³-hybridized carbons (Fsp3) is 0.583. The van der Waals surface area contributed by atoms with Crippen molar-refractivity contribution >= 4 is 16.3 Å². The SMILES string of the molecule is c1cn2cc(CNCCC3CCCO3)nc2s1. The zero-order chi connectivity index (χ0) is 11.5. The fourth-order valence-electron chi connectivity index (χ4n) is 2.21. The number of thiazole rings is 1. The molecule has 0 spiro atoms. The summed E-state index contributed by atoms with van der Waals surface area (Å²) < 4.78 is 7.65. The summed E-state index contributed by atoms with van der Waals surface area (Å²) in [6.07, 6.45) is 8.17. The minimum atomic E-state index is 0.480. The van der Waals surface area contributed by atoms with Crippen LogP contribution >= 0.6 is 11.3 Å². The van der Waals surface area contributed by atoms with Gasteiger partial charge in [0, 0.05) is 30.9 Å². The highest BCUT2D eigenvalue weighted by atomic mass is 32.1. The maximum atomic E-state index is 5.58. The second-order valence-corrected chi connectivity index (χ2v) is 5.30. The molecule has 1 saturated heterocycles. The van der Waals surface area contributed by atoms with E-state index in [0.29, 0.717) is 6.10 Å². The summed E-state index contributed by atoms with van der Waals surface area (Å²) in [4.78, 5) is 5.60. The van der Waals surface area contributed by atoms with Gasteiger partial charge in [-0.15, -0.1) is 11.3 Å². The molecule has 5 heteroatoms. The lowest BCUT2D eigenvalue weighted by Crippen LogP contribution is -2.19. The van der Waals surface area contributed by atoms with Crippen molar-refractivity contribution in [2.45, 2.75) is 31.9 Å². The van der Waals surface area contributed by atoms with E-state index in [2.05, 4.69) is 26.3 Å². The van der Waals surface area contributed by atoms with E-state index in [4.69, 9.17) is 4.74 Å². The van der Waals surface area contributed by atoms with Crippen LogP contribution in [0.4, 0.5) is 0 Å². The molecule has 0 amide bonds. The van der Waals surface area contributed by atoms with Gasteiger partial charge in [-0.25, -0.2) is 4.98 Å². The summed E-state index contributed by atoms with van der Waals surface area (Å²) in [5, 5.41) is 5.48. The number of hydrogen-bond acceptors (Lipinski definition) is 4. The highest BCUT2D eigenvalue weighted by Crippen LogP contribution is 2.14. The van der Waals surface area contributed by atoms with Crippen molar-refractivity contribution in [1.29, 1.82) is 0 Å². The summed E-state index contributed by atoms with van der Waals surface area (Å²) >= 11 is 1.67. The number of fused-ring (bicyclic) bond motifs is 1. The van der Waals surface area contributed by atoms with Crippen LogP contribution in [-0.4, -0.2) is 28.6 Å². The van der Waals surface area contributed by atoms with Crippen LogP contribution in [0.5, 0.6) is 0 Å². The van der Waals surface area contributed by atoms with Gasteiger partial charge in [0.1, 0.15) is 0 Å². The Morgan fingerprint density at radius 3 is 3.41 bits per heavy atom. The lowest BCUT2D eigenvalue weighted by atomic mass is 10.2. The Kier molecular flexibility index (Phi) is 3.40. The maximum absolute atomic E-state index is 5.58. The van der Waals surface area contributed by atoms with E-state index in [9.17, 15) is 0 Å². The Labute approximate surface area is 105 Å². The fourth-order valence-corrected chi connectivity index (χ4v) is 2.93. The summed E-state index contributed by atoms with van der Waals surface area (Å²) in [6, 6.07) is 0. The first-order valence-electron chi connectivity index (χ1n) is 6.15. The number of nitrogens with zero attached hydrogens (tertiary/aromatic N) is 2. The Hall–Kier alpha value is -0.910. The number of nitrogens with one attached hydrogen (secondary N) is 1. The molecule has 1 N–H and O–H groups in total. The lowest BCUT2D eigenvalue weighted by Gasteiger charge is -2.08. The molecule has 0 aliphatic carbocycles. The number of imidazole rings is 1. The van der Waals surface area contributed by atoms with Crippen LogP contribution in [-0.2, 0) is 11.3 Å². The monoisotopic (exact) mass is 251 g/mol. The number of aromatic nitrogens is 2. The molecular weight excluding hydrogens is 234 g/mol. The van der Waals surface area contributed by atoms with Gasteiger partial charge in [0.25, 0.3) is 0 Å². The molecule has 0 radical (unpaired) electrons. The molecule has 3 heterocycles. The predicted octanol–water partition coefficient (Wildman–Crippen LogP) is 2.05. The quantitative estimate of drug-likeness (QED) is 0.827. The van der Waals surface area contributed by atoms with E-state index < -0.39 is 0 Å². The molecule has 0 saturated carbocycles. The lowest BCUT2D eigenvalue weighted by molar-refractivity contribution is 0.104. The summed E-state index contributed by atoms with van der Waals surface area (Å²) in [5.74, 6) is 0. The first kappa shape index (κ1) is 11.2. The number of rotatable bonds is 5. The molecule has 1 aliphatic rings. The molecule has 2 aromatic rings. The first-order chi connectivity index (χ1) is 8.42. The number of hydrogen-bond donors (Lipinski definition) is 1. The van der Waals surface area contributed by atoms with Gasteiger partial charge < -0.3 is 10.1 Å². The van der Waals surface area contributed by atoms with E-state index in [0.717, 1.165) is 36.8 Å². The largest absolute Gasteiger partial charge is 0.378 e. The van der Waals surface area contributed by atoms with Gasteiger partial charge in [-0.3, -0.25) is 4.40 Å². The maximum Gasteiger partial charge on any atom is 0.193 e. The zero-order valence-electron chi connectivity index (χ0n) is 9.76. The molecule has 1 atom stereocenters. The zero-order valence-corrected chi connectivity index (χ0v) is 10.6. The molecule has 2 aromatic heterocycles. The van der Waals surface area contributed by atoms with E-state index in [1.165, 1.54) is 12.8 Å². The third-order valence-corrected chi connectivity index (χ3v) is 3.89. The minimum absolute atomic E-state index is 0.480. The minimum Gasteiger partial charge on any atom is -0.378 e. The predicted molar refractivity (Wildman–Crippen MR) is 68.4 cm³/mol. The molecule has 0 bridgehead atoms. The second kappa shape index (κ2) is 5.16. The molecular formula is C12H17N3OS. The topological polar surface area (TPSA) is 38.6 Å². The molecule has 1 aliphatic heterocycles. The van der Waals surface area contributed by atoms with Crippen molar-refractivity contribution < 1.29 is 4.74 Å². The first-order valence-corrected chi connectivity index (χ1v) is 7.03. The van der Waals surface area contributed by atoms with Gasteiger partial charge in [0.15, 0.2) is 4.96 Å². The molecule has 4 nitrogen and oxygen atoms in total. The highest BCUT2D eigenvalue weighted by Gasteiger charge is 2.14. The standard InChI is InChI=1S/C12H17N3OS/c1-2-11(16-6-1)3-4-13-8-10-9-15-5-7-17-12(15)14-10/h5,7,9,11,13H,1-4,6,8H2. The molecule has 0 aromatic carbocycles. The van der Waals surface area contributed by atoms with Gasteiger partial charge in [0.2, 0.25) is 0 Å². The van der Waals surface area contributed by atoms with Crippen LogP contribution in [0.2, 0.25) is 0 Å². The van der Waals surface area contributed by atoms with Crippen molar-refractivity contribution in [1.82, 2.24) is 14.7 Å². The van der Waals surface area contributed by atoms with Gasteiger partial charge >= 0.3 is 0 Å². The van der Waals surface area contributed by atoms with Crippen LogP contribution in [0.25, 0.3) is 4.96 Å². The normalized spacial score (nSPS) is 20.4. The van der Waals surface area contributed by atoms with Crippen LogP contribution in [0.1, 0.15) is 25.0 Å². The van der Waals surface area contributed by atoms with E-state index in [-0.39, 0.29) is 0 Å². The van der Waals surface area contributed by atoms with Crippen LogP contribution in [0, 0.1) is 0 Å². The van der Waals surface area contributed by atoms with Crippen LogP contribution < -0.4 is 5.32 Å². The van der Waals surface area contributed by atoms with Crippen LogP contribution in [0.3, 0.4) is 0 Å². The van der Waals surface area contributed by atoms with Gasteiger partial charge in [-0.2, -0.15) is 0 Å². The van der Waals surface area contributed by atoms with E-state index >= 15 is 0 Å². The Balaban J connectivity index is 1.43. The van der Waals surface area contributed by atoms with E-state index in [1.54, 1.807) is 11.3 Å². The summed E-state index contributed by atoms with van der Waals surface area (Å²) in [5.41, 5.74) is 1.11. The Bertz CT molecular complexity index is 444. The van der Waals surface area contributed by atoms with Crippen LogP contribution in [0.15, 0.2) is 17.8 Å². The number of ether oxygens (including phenoxy) is 1. The summed E-state index contributed by atoms with van der Waals surface area (Å²) in [6.45, 7) is 2.80. The smallest absolute Gasteiger partial charge is 0.193 e. The van der Waals surface area contributed by atoms with Gasteiger partial charge in [-0.1, -0.05) is 0 Å². The highest BCUT2D eigenvalue weighted by molar-refractivity contribution is 7.15. The molecule has 1 unspecified atom stereocenters. The molecule has 92 valence electrons. The average Bonchev–Trinajstić information content (AvgIpc) is 3.00. The molecule has 17 heavy (non-hydrogen) atoms. The third-order valence-electron chi connectivity index (χ3n) is 3.12. The van der Waals surface area contributed by atoms with Crippen molar-refractivity contribution in [3.8, 4) is 0 Å². The Morgan fingerprint density at radius 1 is 1.59 bits per heavy atom. The Morgan fingerprint density at radius 2 is 2.59 bits per heavy atom. The van der Waals surface area contributed by atoms with Crippen molar-refractivity contribution in [2.75, 3.05) is 13.2 Å². The average molecular weight is 251 g/mol. The molecule has 3 rings (SSSR count). The third kappa shape index (κ3) is 2.68. The van der Waals surface area contributed by atoms with Crippen molar-refractivity contribution in [3.63, 3.8) is 0 Å².